The van der Waals surface area contributed by atoms with Gasteiger partial charge in [0.1, 0.15) is 0 Å². The van der Waals surface area contributed by atoms with Gasteiger partial charge in [0.05, 0.1) is 0 Å². The predicted octanol–water partition coefficient (Wildman–Crippen LogP) is 3.04. The highest BCUT2D eigenvalue weighted by atomic mass is 16.1. The van der Waals surface area contributed by atoms with Gasteiger partial charge in [0.25, 0.3) is 0 Å². The number of aromatic nitrogens is 1. The molecule has 0 aliphatic rings. The number of hydrogen-bond donors (Lipinski definition) is 2. The van der Waals surface area contributed by atoms with Crippen LogP contribution in [0.2, 0.25) is 0 Å². The van der Waals surface area contributed by atoms with E-state index in [1.807, 2.05) is 24.4 Å². The molecule has 0 bridgehead atoms. The van der Waals surface area contributed by atoms with Gasteiger partial charge >= 0.3 is 0 Å². The number of benzene rings is 1. The Bertz CT molecular complexity index is 581. The van der Waals surface area contributed by atoms with E-state index in [0.29, 0.717) is 12.5 Å². The Labute approximate surface area is 113 Å². The average molecular weight is 256 g/mol. The monoisotopic (exact) mass is 256 g/mol. The van der Waals surface area contributed by atoms with Crippen LogP contribution in [-0.2, 0) is 11.2 Å². The van der Waals surface area contributed by atoms with Crippen LogP contribution >= 0.6 is 0 Å². The summed E-state index contributed by atoms with van der Waals surface area (Å²) in [6.45, 7) is 4.76. The summed E-state index contributed by atoms with van der Waals surface area (Å²) in [5, 5.41) is 4.13. The van der Waals surface area contributed by atoms with Crippen LogP contribution in [0.3, 0.4) is 0 Å². The van der Waals surface area contributed by atoms with E-state index in [0.717, 1.165) is 11.9 Å². The fourth-order valence-corrected chi connectivity index (χ4v) is 2.00. The molecule has 0 radical (unpaired) electrons. The Morgan fingerprint density at radius 1 is 1.37 bits per heavy atom. The lowest BCUT2D eigenvalue weighted by Gasteiger charge is -2.02. The van der Waals surface area contributed by atoms with E-state index in [4.69, 9.17) is 0 Å². The second kappa shape index (κ2) is 6.23. The highest BCUT2D eigenvalue weighted by Gasteiger charge is 2.03. The summed E-state index contributed by atoms with van der Waals surface area (Å²) in [5.74, 6) is 0.382. The molecule has 3 heteroatoms. The smallest absolute Gasteiger partial charge is 0.243 e. The van der Waals surface area contributed by atoms with Gasteiger partial charge in [-0.15, -0.1) is 0 Å². The fraction of sp³-hybridized carbons (Fsp3) is 0.312. The van der Waals surface area contributed by atoms with Gasteiger partial charge < -0.3 is 10.3 Å². The molecule has 2 aromatic rings. The van der Waals surface area contributed by atoms with Gasteiger partial charge in [-0.3, -0.25) is 4.79 Å². The number of nitrogens with one attached hydrogen (secondary N) is 2. The molecule has 0 atom stereocenters. The molecule has 0 saturated heterocycles. The molecule has 19 heavy (non-hydrogen) atoms. The van der Waals surface area contributed by atoms with Crippen molar-refractivity contribution in [3.05, 3.63) is 48.2 Å². The summed E-state index contributed by atoms with van der Waals surface area (Å²) in [4.78, 5) is 14.8. The summed E-state index contributed by atoms with van der Waals surface area (Å²) in [6.07, 6.45) is 6.37. The third-order valence-electron chi connectivity index (χ3n) is 3.00. The summed E-state index contributed by atoms with van der Waals surface area (Å²) in [6, 6.07) is 8.20. The van der Waals surface area contributed by atoms with Crippen molar-refractivity contribution in [2.45, 2.75) is 20.3 Å². The molecule has 2 N–H and O–H groups in total. The standard InChI is InChI=1S/C16H20N2O/c1-12(2)7-8-16(19)17-10-9-13-11-18-15-6-4-3-5-14(13)15/h3-8,11-12,18H,9-10H2,1-2H3,(H,17,19). The maximum atomic E-state index is 11.5. The topological polar surface area (TPSA) is 44.9 Å². The van der Waals surface area contributed by atoms with Gasteiger partial charge in [-0.25, -0.2) is 0 Å². The van der Waals surface area contributed by atoms with Crippen molar-refractivity contribution >= 4 is 16.8 Å². The molecular weight excluding hydrogens is 236 g/mol. The third kappa shape index (κ3) is 3.71. The van der Waals surface area contributed by atoms with Crippen LogP contribution in [0.4, 0.5) is 0 Å². The Morgan fingerprint density at radius 3 is 2.95 bits per heavy atom. The SMILES string of the molecule is CC(C)C=CC(=O)NCCc1c[nH]c2ccccc12. The molecule has 1 aromatic heterocycles. The van der Waals surface area contributed by atoms with Crippen molar-refractivity contribution in [2.24, 2.45) is 5.92 Å². The quantitative estimate of drug-likeness (QED) is 0.793. The number of rotatable bonds is 5. The van der Waals surface area contributed by atoms with E-state index in [1.165, 1.54) is 10.9 Å². The second-order valence-electron chi connectivity index (χ2n) is 5.00. The van der Waals surface area contributed by atoms with Crippen LogP contribution < -0.4 is 5.32 Å². The van der Waals surface area contributed by atoms with Gasteiger partial charge in [0.15, 0.2) is 0 Å². The number of carbonyl (C=O) groups is 1. The number of hydrogen-bond acceptors (Lipinski definition) is 1. The Hall–Kier alpha value is -2.03. The van der Waals surface area contributed by atoms with E-state index >= 15 is 0 Å². The van der Waals surface area contributed by atoms with E-state index < -0.39 is 0 Å². The molecule has 0 unspecified atom stereocenters. The first-order valence-corrected chi connectivity index (χ1v) is 6.68. The summed E-state index contributed by atoms with van der Waals surface area (Å²) >= 11 is 0. The van der Waals surface area contributed by atoms with Crippen LogP contribution in [0.1, 0.15) is 19.4 Å². The van der Waals surface area contributed by atoms with Gasteiger partial charge in [0, 0.05) is 23.6 Å². The van der Waals surface area contributed by atoms with Crippen molar-refractivity contribution in [2.75, 3.05) is 6.54 Å². The molecule has 1 heterocycles. The van der Waals surface area contributed by atoms with Crippen molar-refractivity contribution < 1.29 is 4.79 Å². The Balaban J connectivity index is 1.88. The maximum absolute atomic E-state index is 11.5. The average Bonchev–Trinajstić information content (AvgIpc) is 2.80. The Kier molecular flexibility index (Phi) is 4.39. The largest absolute Gasteiger partial charge is 0.361 e. The number of H-pyrrole nitrogens is 1. The number of para-hydroxylation sites is 1. The maximum Gasteiger partial charge on any atom is 0.243 e. The molecule has 0 aliphatic carbocycles. The highest BCUT2D eigenvalue weighted by molar-refractivity contribution is 5.87. The molecule has 1 aromatic carbocycles. The van der Waals surface area contributed by atoms with Crippen LogP contribution in [-0.4, -0.2) is 17.4 Å². The third-order valence-corrected chi connectivity index (χ3v) is 3.00. The van der Waals surface area contributed by atoms with E-state index in [-0.39, 0.29) is 5.91 Å². The van der Waals surface area contributed by atoms with Crippen molar-refractivity contribution in [3.8, 4) is 0 Å². The minimum atomic E-state index is -0.0199. The molecule has 100 valence electrons. The van der Waals surface area contributed by atoms with E-state index in [9.17, 15) is 4.79 Å². The summed E-state index contributed by atoms with van der Waals surface area (Å²) in [5.41, 5.74) is 2.38. The minimum Gasteiger partial charge on any atom is -0.361 e. The number of amides is 1. The molecule has 2 rings (SSSR count). The first-order valence-electron chi connectivity index (χ1n) is 6.68. The zero-order chi connectivity index (χ0) is 13.7. The zero-order valence-electron chi connectivity index (χ0n) is 11.4. The minimum absolute atomic E-state index is 0.0199. The number of aromatic amines is 1. The van der Waals surface area contributed by atoms with E-state index in [2.05, 4.69) is 36.3 Å². The number of fused-ring (bicyclic) bond motifs is 1. The highest BCUT2D eigenvalue weighted by Crippen LogP contribution is 2.17. The van der Waals surface area contributed by atoms with Crippen LogP contribution in [0.25, 0.3) is 10.9 Å². The predicted molar refractivity (Wildman–Crippen MR) is 79.0 cm³/mol. The van der Waals surface area contributed by atoms with Gasteiger partial charge in [-0.05, 0) is 30.0 Å². The first kappa shape index (κ1) is 13.4. The Morgan fingerprint density at radius 2 is 2.16 bits per heavy atom. The molecule has 3 nitrogen and oxygen atoms in total. The lowest BCUT2D eigenvalue weighted by Crippen LogP contribution is -2.23. The lowest BCUT2D eigenvalue weighted by atomic mass is 10.1. The van der Waals surface area contributed by atoms with E-state index in [1.54, 1.807) is 6.08 Å². The fourth-order valence-electron chi connectivity index (χ4n) is 2.00. The van der Waals surface area contributed by atoms with Crippen molar-refractivity contribution in [1.82, 2.24) is 10.3 Å². The molecular formula is C16H20N2O. The van der Waals surface area contributed by atoms with Crippen LogP contribution in [0, 0.1) is 5.92 Å². The zero-order valence-corrected chi connectivity index (χ0v) is 11.4. The molecule has 1 amide bonds. The van der Waals surface area contributed by atoms with Gasteiger partial charge in [0.2, 0.25) is 5.91 Å². The molecule has 0 fully saturated rings. The van der Waals surface area contributed by atoms with Crippen molar-refractivity contribution in [1.29, 1.82) is 0 Å². The van der Waals surface area contributed by atoms with Crippen LogP contribution in [0.15, 0.2) is 42.6 Å². The first-order chi connectivity index (χ1) is 9.16. The summed E-state index contributed by atoms with van der Waals surface area (Å²) < 4.78 is 0. The lowest BCUT2D eigenvalue weighted by molar-refractivity contribution is -0.116. The van der Waals surface area contributed by atoms with Gasteiger partial charge in [-0.1, -0.05) is 38.1 Å². The summed E-state index contributed by atoms with van der Waals surface area (Å²) in [7, 11) is 0. The normalized spacial score (nSPS) is 11.5. The number of carbonyl (C=O) groups excluding carboxylic acids is 1. The molecule has 0 spiro atoms. The molecule has 0 aliphatic heterocycles. The van der Waals surface area contributed by atoms with Crippen molar-refractivity contribution in [3.63, 3.8) is 0 Å². The van der Waals surface area contributed by atoms with Gasteiger partial charge in [-0.2, -0.15) is 0 Å². The number of allylic oxidation sites excluding steroid dienone is 1. The second-order valence-corrected chi connectivity index (χ2v) is 5.00. The van der Waals surface area contributed by atoms with Crippen LogP contribution in [0.5, 0.6) is 0 Å². The molecule has 0 saturated carbocycles.